The number of ether oxygens (including phenoxy) is 1. The summed E-state index contributed by atoms with van der Waals surface area (Å²) in [5.41, 5.74) is 1.12. The summed E-state index contributed by atoms with van der Waals surface area (Å²) in [7, 11) is 1.30. The Balaban J connectivity index is 2.79. The molecule has 0 unspecified atom stereocenters. The number of Topliss-reactive ketones (excluding diaryl/α,β-unsaturated/α-hetero) is 1. The Labute approximate surface area is 93.5 Å². The molecule has 0 N–H and O–H groups in total. The Bertz CT molecular complexity index is 446. The highest BCUT2D eigenvalue weighted by Crippen LogP contribution is 2.08. The number of nitriles is 1. The van der Waals surface area contributed by atoms with E-state index in [2.05, 4.69) is 4.74 Å². The molecular formula is C12H11NO3. The van der Waals surface area contributed by atoms with Gasteiger partial charge in [-0.15, -0.1) is 0 Å². The van der Waals surface area contributed by atoms with Gasteiger partial charge in [-0.1, -0.05) is 12.1 Å². The Morgan fingerprint density at radius 3 is 2.81 bits per heavy atom. The number of benzene rings is 1. The lowest BCUT2D eigenvalue weighted by Gasteiger charge is -2.02. The largest absolute Gasteiger partial charge is 0.465 e. The molecule has 0 fully saturated rings. The summed E-state index contributed by atoms with van der Waals surface area (Å²) in [4.78, 5) is 22.4. The average molecular weight is 217 g/mol. The molecule has 0 bridgehead atoms. The summed E-state index contributed by atoms with van der Waals surface area (Å²) in [6, 6.07) is 8.43. The van der Waals surface area contributed by atoms with Crippen molar-refractivity contribution in [2.75, 3.05) is 7.11 Å². The number of hydrogen-bond acceptors (Lipinski definition) is 4. The maximum Gasteiger partial charge on any atom is 0.337 e. The topological polar surface area (TPSA) is 67.2 Å². The second-order valence-corrected chi connectivity index (χ2v) is 3.24. The summed E-state index contributed by atoms with van der Waals surface area (Å²) in [6.45, 7) is 0. The van der Waals surface area contributed by atoms with Gasteiger partial charge in [-0.2, -0.15) is 5.26 Å². The fraction of sp³-hybridized carbons (Fsp3) is 0.250. The molecule has 0 saturated carbocycles. The van der Waals surface area contributed by atoms with Crippen LogP contribution in [-0.4, -0.2) is 18.9 Å². The quantitative estimate of drug-likeness (QED) is 0.717. The number of hydrogen-bond donors (Lipinski definition) is 0. The zero-order valence-electron chi connectivity index (χ0n) is 8.90. The molecule has 1 aromatic rings. The van der Waals surface area contributed by atoms with Gasteiger partial charge >= 0.3 is 5.97 Å². The van der Waals surface area contributed by atoms with Crippen molar-refractivity contribution < 1.29 is 14.3 Å². The molecule has 0 radical (unpaired) electrons. The Morgan fingerprint density at radius 2 is 2.19 bits per heavy atom. The number of esters is 1. The van der Waals surface area contributed by atoms with E-state index >= 15 is 0 Å². The number of nitrogens with zero attached hydrogens (tertiary/aromatic N) is 1. The summed E-state index contributed by atoms with van der Waals surface area (Å²) >= 11 is 0. The van der Waals surface area contributed by atoms with Crippen LogP contribution in [0.5, 0.6) is 0 Å². The third kappa shape index (κ3) is 3.21. The van der Waals surface area contributed by atoms with Crippen molar-refractivity contribution in [3.63, 3.8) is 0 Å². The zero-order chi connectivity index (χ0) is 12.0. The van der Waals surface area contributed by atoms with E-state index in [0.29, 0.717) is 11.1 Å². The van der Waals surface area contributed by atoms with Gasteiger partial charge in [0.05, 0.1) is 25.2 Å². The van der Waals surface area contributed by atoms with Gasteiger partial charge in [-0.25, -0.2) is 4.79 Å². The highest BCUT2D eigenvalue weighted by Gasteiger charge is 2.08. The molecule has 1 aromatic carbocycles. The second-order valence-electron chi connectivity index (χ2n) is 3.24. The molecule has 16 heavy (non-hydrogen) atoms. The summed E-state index contributed by atoms with van der Waals surface area (Å²) in [5.74, 6) is -0.598. The molecule has 0 heterocycles. The summed E-state index contributed by atoms with van der Waals surface area (Å²) < 4.78 is 4.57. The molecule has 0 spiro atoms. The van der Waals surface area contributed by atoms with Crippen molar-refractivity contribution in [1.29, 1.82) is 5.26 Å². The van der Waals surface area contributed by atoms with Gasteiger partial charge in [0.15, 0.2) is 5.78 Å². The summed E-state index contributed by atoms with van der Waals surface area (Å²) in [6.07, 6.45) is 0.0564. The van der Waals surface area contributed by atoms with Crippen molar-refractivity contribution in [1.82, 2.24) is 0 Å². The van der Waals surface area contributed by atoms with Crippen LogP contribution in [0.2, 0.25) is 0 Å². The van der Waals surface area contributed by atoms with E-state index in [1.807, 2.05) is 0 Å². The first-order valence-electron chi connectivity index (χ1n) is 4.73. The van der Waals surface area contributed by atoms with Gasteiger partial charge in [0.2, 0.25) is 0 Å². The summed E-state index contributed by atoms with van der Waals surface area (Å²) in [5, 5.41) is 8.35. The van der Waals surface area contributed by atoms with E-state index in [1.165, 1.54) is 7.11 Å². The SMILES string of the molecule is COC(=O)c1cccc(CC(=O)CC#N)c1. The average Bonchev–Trinajstić information content (AvgIpc) is 2.28. The lowest BCUT2D eigenvalue weighted by Crippen LogP contribution is -2.05. The van der Waals surface area contributed by atoms with E-state index in [9.17, 15) is 9.59 Å². The van der Waals surface area contributed by atoms with Gasteiger partial charge in [0, 0.05) is 6.42 Å². The highest BCUT2D eigenvalue weighted by atomic mass is 16.5. The van der Waals surface area contributed by atoms with Gasteiger partial charge in [-0.3, -0.25) is 4.79 Å². The molecule has 0 amide bonds. The number of methoxy groups -OCH3 is 1. The van der Waals surface area contributed by atoms with Crippen molar-refractivity contribution in [2.45, 2.75) is 12.8 Å². The van der Waals surface area contributed by atoms with Crippen LogP contribution in [0.3, 0.4) is 0 Å². The number of carbonyl (C=O) groups excluding carboxylic acids is 2. The fourth-order valence-corrected chi connectivity index (χ4v) is 1.30. The fourth-order valence-electron chi connectivity index (χ4n) is 1.30. The first-order chi connectivity index (χ1) is 7.67. The maximum absolute atomic E-state index is 11.2. The molecule has 0 aliphatic heterocycles. The van der Waals surface area contributed by atoms with Crippen molar-refractivity contribution in [3.8, 4) is 6.07 Å². The van der Waals surface area contributed by atoms with Gasteiger partial charge in [0.1, 0.15) is 0 Å². The first-order valence-corrected chi connectivity index (χ1v) is 4.73. The lowest BCUT2D eigenvalue weighted by atomic mass is 10.0. The minimum absolute atomic E-state index is 0.109. The van der Waals surface area contributed by atoms with Crippen LogP contribution in [0, 0.1) is 11.3 Å². The molecule has 82 valence electrons. The van der Waals surface area contributed by atoms with Gasteiger partial charge in [0.25, 0.3) is 0 Å². The monoisotopic (exact) mass is 217 g/mol. The van der Waals surface area contributed by atoms with E-state index in [1.54, 1.807) is 30.3 Å². The zero-order valence-corrected chi connectivity index (χ0v) is 8.90. The minimum atomic E-state index is -0.436. The Kier molecular flexibility index (Phi) is 4.22. The third-order valence-corrected chi connectivity index (χ3v) is 2.03. The van der Waals surface area contributed by atoms with Crippen molar-refractivity contribution in [2.24, 2.45) is 0 Å². The molecule has 0 aromatic heterocycles. The van der Waals surface area contributed by atoms with E-state index in [0.717, 1.165) is 0 Å². The van der Waals surface area contributed by atoms with Gasteiger partial charge in [-0.05, 0) is 17.7 Å². The third-order valence-electron chi connectivity index (χ3n) is 2.03. The molecule has 0 saturated heterocycles. The van der Waals surface area contributed by atoms with Gasteiger partial charge < -0.3 is 4.74 Å². The Morgan fingerprint density at radius 1 is 1.44 bits per heavy atom. The standard InChI is InChI=1S/C12H11NO3/c1-16-12(15)10-4-2-3-9(7-10)8-11(14)5-6-13/h2-4,7H,5,8H2,1H3. The van der Waals surface area contributed by atoms with Crippen LogP contribution in [0.25, 0.3) is 0 Å². The van der Waals surface area contributed by atoms with Crippen LogP contribution >= 0.6 is 0 Å². The molecule has 0 atom stereocenters. The minimum Gasteiger partial charge on any atom is -0.465 e. The van der Waals surface area contributed by atoms with Crippen LogP contribution in [0.15, 0.2) is 24.3 Å². The number of ketones is 1. The first kappa shape index (κ1) is 11.9. The molecule has 0 aliphatic rings. The van der Waals surface area contributed by atoms with Crippen LogP contribution in [0.4, 0.5) is 0 Å². The number of rotatable bonds is 4. The molecule has 1 rings (SSSR count). The van der Waals surface area contributed by atoms with Crippen LogP contribution < -0.4 is 0 Å². The smallest absolute Gasteiger partial charge is 0.337 e. The normalized spacial score (nSPS) is 9.25. The predicted octanol–water partition coefficient (Wildman–Crippen LogP) is 1.50. The van der Waals surface area contributed by atoms with E-state index in [4.69, 9.17) is 5.26 Å². The predicted molar refractivity (Wildman–Crippen MR) is 56.7 cm³/mol. The second kappa shape index (κ2) is 5.66. The molecular weight excluding hydrogens is 206 g/mol. The highest BCUT2D eigenvalue weighted by molar-refractivity contribution is 5.90. The van der Waals surface area contributed by atoms with Crippen molar-refractivity contribution >= 4 is 11.8 Å². The lowest BCUT2D eigenvalue weighted by molar-refractivity contribution is -0.117. The van der Waals surface area contributed by atoms with Crippen molar-refractivity contribution in [3.05, 3.63) is 35.4 Å². The molecule has 0 aliphatic carbocycles. The Hall–Kier alpha value is -2.15. The number of carbonyl (C=O) groups is 2. The van der Waals surface area contributed by atoms with E-state index in [-0.39, 0.29) is 18.6 Å². The van der Waals surface area contributed by atoms with Crippen LogP contribution in [0.1, 0.15) is 22.3 Å². The van der Waals surface area contributed by atoms with E-state index < -0.39 is 5.97 Å². The van der Waals surface area contributed by atoms with Crippen LogP contribution in [-0.2, 0) is 16.0 Å². The molecule has 4 heteroatoms. The molecule has 4 nitrogen and oxygen atoms in total. The maximum atomic E-state index is 11.2.